The van der Waals surface area contributed by atoms with Gasteiger partial charge in [-0.3, -0.25) is 4.57 Å². The van der Waals surface area contributed by atoms with E-state index in [-0.39, 0.29) is 11.7 Å². The summed E-state index contributed by atoms with van der Waals surface area (Å²) in [6.07, 6.45) is 0.937. The predicted octanol–water partition coefficient (Wildman–Crippen LogP) is 4.27. The van der Waals surface area contributed by atoms with Crippen molar-refractivity contribution in [3.63, 3.8) is 0 Å². The summed E-state index contributed by atoms with van der Waals surface area (Å²) in [4.78, 5) is 10.6. The van der Waals surface area contributed by atoms with Crippen LogP contribution >= 0.6 is 7.37 Å². The van der Waals surface area contributed by atoms with Crippen molar-refractivity contribution in [2.75, 3.05) is 6.16 Å². The quantitative estimate of drug-likeness (QED) is 0.710. The minimum absolute atomic E-state index is 0.102. The summed E-state index contributed by atoms with van der Waals surface area (Å²) in [5, 5.41) is 3.30. The van der Waals surface area contributed by atoms with Crippen LogP contribution in [0.5, 0.6) is 0 Å². The number of hydrogen-bond acceptors (Lipinski definition) is 2. The molecule has 2 rings (SSSR count). The standard InChI is InChI=1S/C19H26NO2P/c1-16(2)19(20-15-18-11-7-4-8-12-18)23(21,22)14-13-17-9-5-3-6-10-17/h3-12,16,19-20H,13-15H2,1-2H3,(H,21,22)/t19-/m0/s1. The summed E-state index contributed by atoms with van der Waals surface area (Å²) < 4.78 is 12.8. The van der Waals surface area contributed by atoms with Crippen molar-refractivity contribution in [1.82, 2.24) is 5.32 Å². The number of rotatable bonds is 8. The van der Waals surface area contributed by atoms with Gasteiger partial charge in [-0.05, 0) is 23.5 Å². The molecule has 2 N–H and O–H groups in total. The molecule has 0 radical (unpaired) electrons. The summed E-state index contributed by atoms with van der Waals surface area (Å²) in [5.41, 5.74) is 2.23. The number of aryl methyl sites for hydroxylation is 1. The van der Waals surface area contributed by atoms with Crippen molar-refractivity contribution in [1.29, 1.82) is 0 Å². The molecule has 124 valence electrons. The minimum atomic E-state index is -3.27. The fraction of sp³-hybridized carbons (Fsp3) is 0.368. The van der Waals surface area contributed by atoms with E-state index in [2.05, 4.69) is 5.32 Å². The highest BCUT2D eigenvalue weighted by molar-refractivity contribution is 7.58. The highest BCUT2D eigenvalue weighted by Gasteiger charge is 2.32. The van der Waals surface area contributed by atoms with Gasteiger partial charge in [0.15, 0.2) is 0 Å². The van der Waals surface area contributed by atoms with Crippen molar-refractivity contribution >= 4 is 7.37 Å². The second kappa shape index (κ2) is 8.44. The number of hydrogen-bond donors (Lipinski definition) is 2. The molecule has 0 heterocycles. The first-order valence-electron chi connectivity index (χ1n) is 8.12. The Morgan fingerprint density at radius 1 is 0.957 bits per heavy atom. The summed E-state index contributed by atoms with van der Waals surface area (Å²) in [6.45, 7) is 4.60. The van der Waals surface area contributed by atoms with Gasteiger partial charge < -0.3 is 10.2 Å². The van der Waals surface area contributed by atoms with Gasteiger partial charge in [0.2, 0.25) is 7.37 Å². The van der Waals surface area contributed by atoms with Crippen molar-refractivity contribution in [3.05, 3.63) is 71.8 Å². The van der Waals surface area contributed by atoms with E-state index in [1.165, 1.54) is 0 Å². The lowest BCUT2D eigenvalue weighted by Crippen LogP contribution is -2.34. The lowest BCUT2D eigenvalue weighted by Gasteiger charge is -2.27. The maximum Gasteiger partial charge on any atom is 0.217 e. The largest absolute Gasteiger partial charge is 0.343 e. The van der Waals surface area contributed by atoms with Crippen LogP contribution in [0.2, 0.25) is 0 Å². The molecule has 0 spiro atoms. The molecule has 4 heteroatoms. The minimum Gasteiger partial charge on any atom is -0.343 e. The number of benzene rings is 2. The monoisotopic (exact) mass is 331 g/mol. The van der Waals surface area contributed by atoms with Gasteiger partial charge in [0.25, 0.3) is 0 Å². The molecular weight excluding hydrogens is 305 g/mol. The molecule has 0 aliphatic rings. The normalized spacial score (nSPS) is 15.3. The molecule has 0 aliphatic carbocycles. The van der Waals surface area contributed by atoms with Gasteiger partial charge in [-0.15, -0.1) is 0 Å². The van der Waals surface area contributed by atoms with Crippen LogP contribution in [0.3, 0.4) is 0 Å². The summed E-state index contributed by atoms with van der Waals surface area (Å²) in [5.74, 6) is -0.281. The van der Waals surface area contributed by atoms with Crippen LogP contribution in [0.25, 0.3) is 0 Å². The SMILES string of the molecule is CC(C)[C@@H](NCc1ccccc1)P(=O)(O)CCc1ccccc1. The highest BCUT2D eigenvalue weighted by atomic mass is 31.2. The van der Waals surface area contributed by atoms with E-state index in [0.29, 0.717) is 19.1 Å². The van der Waals surface area contributed by atoms with Gasteiger partial charge in [-0.2, -0.15) is 0 Å². The molecule has 2 atom stereocenters. The van der Waals surface area contributed by atoms with Crippen LogP contribution in [-0.4, -0.2) is 16.8 Å². The van der Waals surface area contributed by atoms with Crippen molar-refractivity contribution in [2.45, 2.75) is 32.6 Å². The lowest BCUT2D eigenvalue weighted by molar-refractivity contribution is 0.405. The second-order valence-electron chi connectivity index (χ2n) is 6.27. The van der Waals surface area contributed by atoms with Crippen LogP contribution in [0.4, 0.5) is 0 Å². The Bertz CT molecular complexity index is 628. The van der Waals surface area contributed by atoms with E-state index < -0.39 is 7.37 Å². The maximum absolute atomic E-state index is 12.8. The molecular formula is C19H26NO2P. The molecule has 3 nitrogen and oxygen atoms in total. The molecule has 0 saturated carbocycles. The van der Waals surface area contributed by atoms with Gasteiger partial charge in [-0.25, -0.2) is 0 Å². The fourth-order valence-electron chi connectivity index (χ4n) is 2.74. The zero-order valence-corrected chi connectivity index (χ0v) is 14.7. The molecule has 2 aromatic carbocycles. The molecule has 1 unspecified atom stereocenters. The lowest BCUT2D eigenvalue weighted by atomic mass is 10.2. The Morgan fingerprint density at radius 2 is 1.48 bits per heavy atom. The zero-order chi connectivity index (χ0) is 16.7. The molecule has 23 heavy (non-hydrogen) atoms. The summed E-state index contributed by atoms with van der Waals surface area (Å²) in [7, 11) is -3.27. The van der Waals surface area contributed by atoms with Gasteiger partial charge in [0.1, 0.15) is 0 Å². The third-order valence-corrected chi connectivity index (χ3v) is 6.50. The van der Waals surface area contributed by atoms with E-state index in [0.717, 1.165) is 11.1 Å². The fourth-order valence-corrected chi connectivity index (χ4v) is 4.90. The zero-order valence-electron chi connectivity index (χ0n) is 13.9. The van der Waals surface area contributed by atoms with Gasteiger partial charge in [0, 0.05) is 12.7 Å². The van der Waals surface area contributed by atoms with Crippen LogP contribution in [0.1, 0.15) is 25.0 Å². The highest BCUT2D eigenvalue weighted by Crippen LogP contribution is 2.48. The average Bonchev–Trinajstić information content (AvgIpc) is 2.55. The second-order valence-corrected chi connectivity index (χ2v) is 8.78. The van der Waals surface area contributed by atoms with Crippen LogP contribution < -0.4 is 5.32 Å². The van der Waals surface area contributed by atoms with Gasteiger partial charge >= 0.3 is 0 Å². The van der Waals surface area contributed by atoms with Crippen LogP contribution in [-0.2, 0) is 17.5 Å². The van der Waals surface area contributed by atoms with Crippen LogP contribution in [0, 0.1) is 5.92 Å². The van der Waals surface area contributed by atoms with Crippen molar-refractivity contribution in [3.8, 4) is 0 Å². The van der Waals surface area contributed by atoms with Crippen molar-refractivity contribution in [2.24, 2.45) is 5.92 Å². The first kappa shape index (κ1) is 17.9. The third kappa shape index (κ3) is 5.62. The predicted molar refractivity (Wildman–Crippen MR) is 96.7 cm³/mol. The Balaban J connectivity index is 1.98. The molecule has 0 aromatic heterocycles. The Kier molecular flexibility index (Phi) is 6.59. The van der Waals surface area contributed by atoms with E-state index in [1.54, 1.807) is 0 Å². The topological polar surface area (TPSA) is 49.3 Å². The van der Waals surface area contributed by atoms with E-state index in [4.69, 9.17) is 0 Å². The Hall–Kier alpha value is -1.41. The molecule has 0 saturated heterocycles. The Labute approximate surface area is 139 Å². The van der Waals surface area contributed by atoms with Gasteiger partial charge in [0.05, 0.1) is 5.78 Å². The van der Waals surface area contributed by atoms with E-state index in [1.807, 2.05) is 74.5 Å². The molecule has 2 aromatic rings. The molecule has 0 fully saturated rings. The smallest absolute Gasteiger partial charge is 0.217 e. The van der Waals surface area contributed by atoms with E-state index in [9.17, 15) is 9.46 Å². The molecule has 0 aliphatic heterocycles. The first-order chi connectivity index (χ1) is 11.0. The maximum atomic E-state index is 12.8. The first-order valence-corrected chi connectivity index (χ1v) is 10.0. The summed E-state index contributed by atoms with van der Waals surface area (Å²) in [6, 6.07) is 19.9. The summed E-state index contributed by atoms with van der Waals surface area (Å²) >= 11 is 0. The third-order valence-electron chi connectivity index (χ3n) is 3.99. The number of nitrogens with one attached hydrogen (secondary N) is 1. The molecule has 0 amide bonds. The average molecular weight is 331 g/mol. The van der Waals surface area contributed by atoms with Crippen LogP contribution in [0.15, 0.2) is 60.7 Å². The van der Waals surface area contributed by atoms with Crippen molar-refractivity contribution < 1.29 is 9.46 Å². The van der Waals surface area contributed by atoms with E-state index >= 15 is 0 Å². The molecule has 0 bridgehead atoms. The Morgan fingerprint density at radius 3 is 2.00 bits per heavy atom. The van der Waals surface area contributed by atoms with Gasteiger partial charge in [-0.1, -0.05) is 74.5 Å².